The smallest absolute Gasteiger partial charge is 0.221 e. The summed E-state index contributed by atoms with van der Waals surface area (Å²) in [6.45, 7) is 3.21. The van der Waals surface area contributed by atoms with Gasteiger partial charge in [0, 0.05) is 5.02 Å². The molecule has 1 saturated heterocycles. The monoisotopic (exact) mass is 367 g/mol. The molecular formula is C17H24ClN4OS+. The Kier molecular flexibility index (Phi) is 5.92. The van der Waals surface area contributed by atoms with Gasteiger partial charge >= 0.3 is 0 Å². The van der Waals surface area contributed by atoms with Gasteiger partial charge in [-0.15, -0.1) is 0 Å². The Bertz CT molecular complexity index is 734. The molecule has 7 heteroatoms. The zero-order valence-electron chi connectivity index (χ0n) is 14.0. The first kappa shape index (κ1) is 17.5. The topological polar surface area (TPSA) is 47.3 Å². The average molecular weight is 368 g/mol. The Morgan fingerprint density at radius 3 is 2.67 bits per heavy atom. The number of aromatic nitrogens is 3. The lowest BCUT2D eigenvalue weighted by Crippen LogP contribution is -3.11. The van der Waals surface area contributed by atoms with Gasteiger partial charge in [0.1, 0.15) is 5.75 Å². The number of benzene rings is 1. The molecule has 1 aromatic carbocycles. The van der Waals surface area contributed by atoms with Crippen LogP contribution in [-0.2, 0) is 6.67 Å². The number of hydrogen-bond donors (Lipinski definition) is 2. The Hall–Kier alpha value is -1.37. The predicted octanol–water partition coefficient (Wildman–Crippen LogP) is 3.08. The van der Waals surface area contributed by atoms with Crippen LogP contribution in [0.2, 0.25) is 5.02 Å². The fraction of sp³-hybridized carbons (Fsp3) is 0.529. The summed E-state index contributed by atoms with van der Waals surface area (Å²) >= 11 is 11.6. The molecule has 1 fully saturated rings. The van der Waals surface area contributed by atoms with E-state index < -0.39 is 0 Å². The number of quaternary nitrogens is 1. The number of H-pyrrole nitrogens is 1. The van der Waals surface area contributed by atoms with Crippen molar-refractivity contribution in [1.29, 1.82) is 0 Å². The van der Waals surface area contributed by atoms with Crippen molar-refractivity contribution < 1.29 is 9.64 Å². The molecule has 5 nitrogen and oxygen atoms in total. The predicted molar refractivity (Wildman–Crippen MR) is 98.2 cm³/mol. The van der Waals surface area contributed by atoms with Gasteiger partial charge in [-0.2, -0.15) is 4.98 Å². The number of halogens is 1. The molecular weight excluding hydrogens is 344 g/mol. The van der Waals surface area contributed by atoms with Gasteiger partial charge in [-0.1, -0.05) is 18.0 Å². The van der Waals surface area contributed by atoms with Crippen molar-refractivity contribution in [3.05, 3.63) is 28.0 Å². The number of rotatable bonds is 4. The molecule has 0 unspecified atom stereocenters. The van der Waals surface area contributed by atoms with Crippen LogP contribution in [0.15, 0.2) is 18.2 Å². The summed E-state index contributed by atoms with van der Waals surface area (Å²) in [5.74, 6) is 1.43. The number of likely N-dealkylation sites (tertiary alicyclic amines) is 1. The highest BCUT2D eigenvalue weighted by atomic mass is 35.5. The molecule has 2 N–H and O–H groups in total. The first-order valence-corrected chi connectivity index (χ1v) is 9.30. The maximum Gasteiger partial charge on any atom is 0.221 e. The Balaban J connectivity index is 1.82. The van der Waals surface area contributed by atoms with Crippen LogP contribution in [0.25, 0.3) is 11.4 Å². The van der Waals surface area contributed by atoms with E-state index in [4.69, 9.17) is 28.6 Å². The Labute approximate surface area is 152 Å². The summed E-state index contributed by atoms with van der Waals surface area (Å²) < 4.78 is 7.95. The molecule has 1 aliphatic heterocycles. The zero-order chi connectivity index (χ0) is 16.9. The van der Waals surface area contributed by atoms with Crippen LogP contribution in [0.4, 0.5) is 0 Å². The SMILES string of the molecule is COc1ccc(Cl)cc1-c1nc(=S)n(C[NH+]2CCCCCCC2)[nH]1. The van der Waals surface area contributed by atoms with Gasteiger partial charge in [0.25, 0.3) is 0 Å². The normalized spacial score (nSPS) is 16.6. The van der Waals surface area contributed by atoms with Crippen molar-refractivity contribution in [3.63, 3.8) is 0 Å². The summed E-state index contributed by atoms with van der Waals surface area (Å²) in [5, 5.41) is 3.97. The Morgan fingerprint density at radius 1 is 1.25 bits per heavy atom. The third-order valence-electron chi connectivity index (χ3n) is 4.54. The number of nitrogens with one attached hydrogen (secondary N) is 2. The molecule has 1 aliphatic rings. The molecule has 0 bridgehead atoms. The minimum atomic E-state index is 0.571. The van der Waals surface area contributed by atoms with E-state index in [1.807, 2.05) is 16.8 Å². The Morgan fingerprint density at radius 2 is 1.96 bits per heavy atom. The minimum absolute atomic E-state index is 0.571. The summed E-state index contributed by atoms with van der Waals surface area (Å²) in [6.07, 6.45) is 6.61. The highest BCUT2D eigenvalue weighted by Crippen LogP contribution is 2.30. The summed E-state index contributed by atoms with van der Waals surface area (Å²) in [4.78, 5) is 6.06. The maximum atomic E-state index is 6.13. The van der Waals surface area contributed by atoms with Crippen molar-refractivity contribution in [1.82, 2.24) is 14.8 Å². The highest BCUT2D eigenvalue weighted by Gasteiger charge is 2.16. The third kappa shape index (κ3) is 4.18. The van der Waals surface area contributed by atoms with E-state index in [-0.39, 0.29) is 0 Å². The molecule has 0 aliphatic carbocycles. The van der Waals surface area contributed by atoms with E-state index in [1.165, 1.54) is 45.2 Å². The van der Waals surface area contributed by atoms with Crippen LogP contribution in [-0.4, -0.2) is 35.0 Å². The van der Waals surface area contributed by atoms with Crippen molar-refractivity contribution in [2.24, 2.45) is 0 Å². The molecule has 2 heterocycles. The number of methoxy groups -OCH3 is 1. The fourth-order valence-corrected chi connectivity index (χ4v) is 3.61. The van der Waals surface area contributed by atoms with Gasteiger partial charge < -0.3 is 9.64 Å². The highest BCUT2D eigenvalue weighted by molar-refractivity contribution is 7.71. The first-order chi connectivity index (χ1) is 11.7. The van der Waals surface area contributed by atoms with Crippen LogP contribution >= 0.6 is 23.8 Å². The summed E-state index contributed by atoms with van der Waals surface area (Å²) in [7, 11) is 1.64. The average Bonchev–Trinajstić information content (AvgIpc) is 2.90. The second-order valence-electron chi connectivity index (χ2n) is 6.30. The van der Waals surface area contributed by atoms with E-state index in [2.05, 4.69) is 10.1 Å². The van der Waals surface area contributed by atoms with Gasteiger partial charge in [-0.05, 0) is 56.1 Å². The fourth-order valence-electron chi connectivity index (χ4n) is 3.24. The van der Waals surface area contributed by atoms with E-state index in [0.29, 0.717) is 15.6 Å². The number of nitrogens with zero attached hydrogens (tertiary/aromatic N) is 2. The van der Waals surface area contributed by atoms with Crippen molar-refractivity contribution >= 4 is 23.8 Å². The zero-order valence-corrected chi connectivity index (χ0v) is 15.6. The van der Waals surface area contributed by atoms with E-state index in [9.17, 15) is 0 Å². The van der Waals surface area contributed by atoms with E-state index in [0.717, 1.165) is 18.0 Å². The molecule has 0 atom stereocenters. The molecule has 0 spiro atoms. The van der Waals surface area contributed by atoms with Crippen LogP contribution < -0.4 is 9.64 Å². The molecule has 2 aromatic rings. The molecule has 24 heavy (non-hydrogen) atoms. The number of hydrogen-bond acceptors (Lipinski definition) is 3. The molecule has 0 saturated carbocycles. The summed E-state index contributed by atoms with van der Waals surface area (Å²) in [6, 6.07) is 5.50. The standard InChI is InChI=1S/C17H23ClN4OS/c1-23-15-8-7-13(18)11-14(15)16-19-17(24)22(20-16)12-21-9-5-3-2-4-6-10-21/h7-8,11H,2-6,9-10,12H2,1H3,(H,19,20,24)/p+1. The molecule has 0 radical (unpaired) electrons. The molecule has 0 amide bonds. The maximum absolute atomic E-state index is 6.13. The van der Waals surface area contributed by atoms with Gasteiger partial charge in [0.05, 0.1) is 25.8 Å². The lowest BCUT2D eigenvalue weighted by Gasteiger charge is -2.21. The van der Waals surface area contributed by atoms with Gasteiger partial charge in [0.15, 0.2) is 12.5 Å². The van der Waals surface area contributed by atoms with Gasteiger partial charge in [0.2, 0.25) is 4.77 Å². The van der Waals surface area contributed by atoms with Crippen molar-refractivity contribution in [2.45, 2.75) is 38.8 Å². The van der Waals surface area contributed by atoms with Crippen molar-refractivity contribution in [2.75, 3.05) is 20.2 Å². The second kappa shape index (κ2) is 8.14. The van der Waals surface area contributed by atoms with Gasteiger partial charge in [-0.25, -0.2) is 4.68 Å². The number of aromatic amines is 1. The van der Waals surface area contributed by atoms with Crippen LogP contribution in [0.5, 0.6) is 5.75 Å². The second-order valence-corrected chi connectivity index (χ2v) is 7.10. The molecule has 3 rings (SSSR count). The van der Waals surface area contributed by atoms with Crippen molar-refractivity contribution in [3.8, 4) is 17.1 Å². The van der Waals surface area contributed by atoms with E-state index >= 15 is 0 Å². The van der Waals surface area contributed by atoms with E-state index in [1.54, 1.807) is 18.1 Å². The quantitative estimate of drug-likeness (QED) is 0.816. The first-order valence-electron chi connectivity index (χ1n) is 8.51. The molecule has 130 valence electrons. The lowest BCUT2D eigenvalue weighted by atomic mass is 10.1. The number of ether oxygens (including phenoxy) is 1. The van der Waals surface area contributed by atoms with Crippen LogP contribution in [0.3, 0.4) is 0 Å². The molecule has 1 aromatic heterocycles. The van der Waals surface area contributed by atoms with Crippen LogP contribution in [0, 0.1) is 4.77 Å². The summed E-state index contributed by atoms with van der Waals surface area (Å²) in [5.41, 5.74) is 0.831. The van der Waals surface area contributed by atoms with Gasteiger partial charge in [-0.3, -0.25) is 5.10 Å². The van der Waals surface area contributed by atoms with Crippen LogP contribution in [0.1, 0.15) is 32.1 Å². The third-order valence-corrected chi connectivity index (χ3v) is 5.09. The lowest BCUT2D eigenvalue weighted by molar-refractivity contribution is -0.924. The minimum Gasteiger partial charge on any atom is -0.496 e. The largest absolute Gasteiger partial charge is 0.496 e.